The largest absolute Gasteiger partial charge is 0.334 e. The van der Waals surface area contributed by atoms with Crippen LogP contribution in [0.25, 0.3) is 33.4 Å². The van der Waals surface area contributed by atoms with E-state index < -0.39 is 18.4 Å². The van der Waals surface area contributed by atoms with Crippen molar-refractivity contribution < 1.29 is 18.3 Å². The summed E-state index contributed by atoms with van der Waals surface area (Å²) in [7, 11) is 1.93. The minimum Gasteiger partial charge on any atom is -0.332 e. The first kappa shape index (κ1) is 33.1. The number of imidazole rings is 2. The van der Waals surface area contributed by atoms with E-state index in [-0.39, 0.29) is 29.9 Å². The van der Waals surface area contributed by atoms with Gasteiger partial charge in [0.15, 0.2) is 0 Å². The first-order chi connectivity index (χ1) is 20.4. The molecule has 11 heteroatoms. The van der Waals surface area contributed by atoms with E-state index in [0.29, 0.717) is 23.1 Å². The summed E-state index contributed by atoms with van der Waals surface area (Å²) in [5.41, 5.74) is 4.46. The van der Waals surface area contributed by atoms with Crippen LogP contribution in [-0.2, 0) is 11.3 Å². The van der Waals surface area contributed by atoms with Gasteiger partial charge in [-0.2, -0.15) is 0 Å². The molecule has 43 heavy (non-hydrogen) atoms. The number of pyridine rings is 1. The van der Waals surface area contributed by atoms with Crippen molar-refractivity contribution in [3.8, 4) is 16.8 Å². The Balaban J connectivity index is 0.000000670. The van der Waals surface area contributed by atoms with Crippen LogP contribution in [0, 0.1) is 0 Å². The van der Waals surface area contributed by atoms with E-state index >= 15 is 0 Å². The highest BCUT2D eigenvalue weighted by molar-refractivity contribution is 5.83. The first-order valence-electron chi connectivity index (χ1n) is 14.4. The molecule has 230 valence electrons. The second-order valence-corrected chi connectivity index (χ2v) is 9.69. The van der Waals surface area contributed by atoms with Crippen molar-refractivity contribution in [3.05, 3.63) is 89.9 Å². The SMILES string of the molecule is CC.CCNC.F.O=C(Cn1c(=O)n(-c2ccc(-c3cccn4cncc34)cc2)c2ccccc21)N1CCCC1C(F)F. The minimum atomic E-state index is -2.60. The van der Waals surface area contributed by atoms with Crippen LogP contribution in [0.2, 0.25) is 0 Å². The Morgan fingerprint density at radius 1 is 1.02 bits per heavy atom. The number of carbonyl (C=O) groups is 1. The van der Waals surface area contributed by atoms with Gasteiger partial charge in [-0.15, -0.1) is 0 Å². The lowest BCUT2D eigenvalue weighted by Crippen LogP contribution is -2.42. The molecule has 4 heterocycles. The number of rotatable bonds is 6. The highest BCUT2D eigenvalue weighted by atomic mass is 19.3. The summed E-state index contributed by atoms with van der Waals surface area (Å²) in [5, 5.41) is 2.93. The smallest absolute Gasteiger partial charge is 0.332 e. The molecule has 1 saturated heterocycles. The first-order valence-corrected chi connectivity index (χ1v) is 14.4. The lowest BCUT2D eigenvalue weighted by atomic mass is 10.1. The van der Waals surface area contributed by atoms with Crippen LogP contribution < -0.4 is 11.0 Å². The van der Waals surface area contributed by atoms with Crippen molar-refractivity contribution >= 4 is 22.5 Å². The Bertz CT molecular complexity index is 1670. The minimum absolute atomic E-state index is 0. The van der Waals surface area contributed by atoms with Crippen molar-refractivity contribution in [2.24, 2.45) is 0 Å². The fourth-order valence-electron chi connectivity index (χ4n) is 5.18. The van der Waals surface area contributed by atoms with Gasteiger partial charge in [0, 0.05) is 18.3 Å². The summed E-state index contributed by atoms with van der Waals surface area (Å²) in [6.45, 7) is 7.14. The Morgan fingerprint density at radius 2 is 1.70 bits per heavy atom. The van der Waals surface area contributed by atoms with Crippen molar-refractivity contribution in [2.75, 3.05) is 20.1 Å². The number of nitrogens with zero attached hydrogens (tertiary/aromatic N) is 5. The number of hydrogen-bond acceptors (Lipinski definition) is 4. The number of hydrogen-bond donors (Lipinski definition) is 1. The normalized spacial score (nSPS) is 14.2. The Hall–Kier alpha value is -4.38. The van der Waals surface area contributed by atoms with Gasteiger partial charge in [-0.05, 0) is 62.3 Å². The van der Waals surface area contributed by atoms with E-state index in [1.807, 2.05) is 80.0 Å². The van der Waals surface area contributed by atoms with Gasteiger partial charge in [-0.25, -0.2) is 18.6 Å². The number of halogens is 3. The Labute approximate surface area is 248 Å². The number of aromatic nitrogens is 4. The van der Waals surface area contributed by atoms with Crippen LogP contribution >= 0.6 is 0 Å². The fraction of sp³-hybridized carbons (Fsp3) is 0.344. The molecule has 0 saturated carbocycles. The molecule has 2 aromatic carbocycles. The second kappa shape index (κ2) is 15.2. The molecule has 1 amide bonds. The number of benzene rings is 2. The molecule has 0 aliphatic carbocycles. The zero-order valence-electron chi connectivity index (χ0n) is 24.9. The van der Waals surface area contributed by atoms with Gasteiger partial charge in [0.25, 0.3) is 6.43 Å². The number of fused-ring (bicyclic) bond motifs is 2. The highest BCUT2D eigenvalue weighted by Crippen LogP contribution is 2.27. The number of amides is 1. The average Bonchev–Trinajstić information content (AvgIpc) is 3.77. The summed E-state index contributed by atoms with van der Waals surface area (Å²) >= 11 is 0. The molecular weight excluding hydrogens is 557 g/mol. The molecule has 0 radical (unpaired) electrons. The van der Waals surface area contributed by atoms with Gasteiger partial charge >= 0.3 is 5.69 Å². The van der Waals surface area contributed by atoms with Crippen LogP contribution in [0.3, 0.4) is 0 Å². The monoisotopic (exact) mass is 596 g/mol. The second-order valence-electron chi connectivity index (χ2n) is 9.69. The molecule has 6 rings (SSSR count). The maximum absolute atomic E-state index is 13.5. The molecule has 1 unspecified atom stereocenters. The molecule has 1 fully saturated rings. The van der Waals surface area contributed by atoms with E-state index in [1.54, 1.807) is 29.2 Å². The number of carbonyl (C=O) groups excluding carboxylic acids is 1. The number of likely N-dealkylation sites (tertiary alicyclic amines) is 1. The summed E-state index contributed by atoms with van der Waals surface area (Å²) in [6, 6.07) is 17.7. The number of nitrogens with one attached hydrogen (secondary N) is 1. The van der Waals surface area contributed by atoms with Gasteiger partial charge in [0.1, 0.15) is 6.54 Å². The molecule has 1 aliphatic rings. The lowest BCUT2D eigenvalue weighted by molar-refractivity contribution is -0.135. The van der Waals surface area contributed by atoms with Crippen LogP contribution in [0.1, 0.15) is 33.6 Å². The van der Waals surface area contributed by atoms with Gasteiger partial charge in [0.05, 0.1) is 40.8 Å². The molecule has 1 aliphatic heterocycles. The molecule has 1 N–H and O–H groups in total. The quantitative estimate of drug-likeness (QED) is 0.270. The third-order valence-electron chi connectivity index (χ3n) is 7.28. The predicted octanol–water partition coefficient (Wildman–Crippen LogP) is 5.77. The molecule has 5 aromatic rings. The van der Waals surface area contributed by atoms with E-state index in [9.17, 15) is 18.4 Å². The third kappa shape index (κ3) is 6.83. The maximum atomic E-state index is 13.5. The van der Waals surface area contributed by atoms with E-state index in [1.165, 1.54) is 9.47 Å². The van der Waals surface area contributed by atoms with E-state index in [4.69, 9.17) is 0 Å². The maximum Gasteiger partial charge on any atom is 0.334 e. The summed E-state index contributed by atoms with van der Waals surface area (Å²) in [5.74, 6) is -0.466. The lowest BCUT2D eigenvalue weighted by Gasteiger charge is -2.24. The highest BCUT2D eigenvalue weighted by Gasteiger charge is 2.35. The topological polar surface area (TPSA) is 76.6 Å². The van der Waals surface area contributed by atoms with Gasteiger partial charge in [0.2, 0.25) is 5.91 Å². The van der Waals surface area contributed by atoms with E-state index in [0.717, 1.165) is 23.2 Å². The predicted molar refractivity (Wildman–Crippen MR) is 166 cm³/mol. The van der Waals surface area contributed by atoms with Crippen molar-refractivity contribution in [1.29, 1.82) is 0 Å². The summed E-state index contributed by atoms with van der Waals surface area (Å²) < 4.78 is 31.7. The van der Waals surface area contributed by atoms with Gasteiger partial charge < -0.3 is 14.6 Å². The van der Waals surface area contributed by atoms with Crippen molar-refractivity contribution in [3.63, 3.8) is 0 Å². The Kier molecular flexibility index (Phi) is 11.7. The zero-order chi connectivity index (χ0) is 30.2. The van der Waals surface area contributed by atoms with Crippen LogP contribution in [0.5, 0.6) is 0 Å². The average molecular weight is 597 g/mol. The summed E-state index contributed by atoms with van der Waals surface area (Å²) in [6.07, 6.45) is 3.70. The molecule has 0 bridgehead atoms. The standard InChI is InChI=1S/C27H23F2N5O2.C3H9N.C2H6.FH/c28-26(29)23-8-4-14-32(23)25(35)16-33-21-6-1-2-7-22(21)34(27(33)36)19-11-9-18(10-12-19)20-5-3-13-31-17-30-15-24(20)31;1-3-4-2;1-2;/h1-3,5-7,9-13,15,17,23,26H,4,8,14,16H2;4H,3H2,1-2H3;1-2H3;1H. The van der Waals surface area contributed by atoms with Crippen molar-refractivity contribution in [1.82, 2.24) is 28.7 Å². The van der Waals surface area contributed by atoms with Crippen LogP contribution in [0.15, 0.2) is 84.2 Å². The molecule has 1 atom stereocenters. The Morgan fingerprint density at radius 3 is 2.35 bits per heavy atom. The third-order valence-corrected chi connectivity index (χ3v) is 7.28. The van der Waals surface area contributed by atoms with Crippen LogP contribution in [0.4, 0.5) is 13.5 Å². The van der Waals surface area contributed by atoms with Gasteiger partial charge in [-0.3, -0.25) is 18.6 Å². The number of alkyl halides is 2. The van der Waals surface area contributed by atoms with Gasteiger partial charge in [-0.1, -0.05) is 51.1 Å². The molecule has 0 spiro atoms. The molecular formula is C32H39F3N6O2. The summed E-state index contributed by atoms with van der Waals surface area (Å²) in [4.78, 5) is 31.9. The number of para-hydroxylation sites is 2. The van der Waals surface area contributed by atoms with Crippen molar-refractivity contribution in [2.45, 2.75) is 52.6 Å². The fourth-order valence-corrected chi connectivity index (χ4v) is 5.18. The molecule has 8 nitrogen and oxygen atoms in total. The molecule has 3 aromatic heterocycles. The van der Waals surface area contributed by atoms with E-state index in [2.05, 4.69) is 17.2 Å². The van der Waals surface area contributed by atoms with Crippen LogP contribution in [-0.4, -0.2) is 61.9 Å². The zero-order valence-corrected chi connectivity index (χ0v) is 24.9.